The third-order valence-corrected chi connectivity index (χ3v) is 3.81. The van der Waals surface area contributed by atoms with Crippen LogP contribution in [0.4, 0.5) is 4.39 Å². The summed E-state index contributed by atoms with van der Waals surface area (Å²) in [6.07, 6.45) is 1.61. The molecule has 0 aliphatic carbocycles. The SMILES string of the molecule is O=C(NCc1nc(-c2ccccn2)no1)c1cc(=O)[nH]c2cc(F)ccc12. The number of carbonyl (C=O) groups excluding carboxylic acids is 1. The second kappa shape index (κ2) is 6.79. The number of amides is 1. The van der Waals surface area contributed by atoms with Crippen molar-refractivity contribution in [2.45, 2.75) is 6.54 Å². The van der Waals surface area contributed by atoms with Gasteiger partial charge in [-0.05, 0) is 30.3 Å². The summed E-state index contributed by atoms with van der Waals surface area (Å²) in [5.74, 6) is -0.542. The van der Waals surface area contributed by atoms with Crippen molar-refractivity contribution in [1.29, 1.82) is 0 Å². The first kappa shape index (κ1) is 16.6. The number of fused-ring (bicyclic) bond motifs is 1. The van der Waals surface area contributed by atoms with Gasteiger partial charge in [0.05, 0.1) is 17.6 Å². The molecule has 0 atom stereocenters. The van der Waals surface area contributed by atoms with E-state index in [1.165, 1.54) is 12.1 Å². The molecule has 134 valence electrons. The number of halogens is 1. The molecule has 0 saturated carbocycles. The third kappa shape index (κ3) is 3.43. The lowest BCUT2D eigenvalue weighted by Crippen LogP contribution is -2.25. The number of H-pyrrole nitrogens is 1. The molecule has 0 saturated heterocycles. The molecule has 8 nitrogen and oxygen atoms in total. The van der Waals surface area contributed by atoms with E-state index in [0.29, 0.717) is 16.9 Å². The van der Waals surface area contributed by atoms with Crippen LogP contribution in [-0.2, 0) is 6.54 Å². The van der Waals surface area contributed by atoms with Gasteiger partial charge in [0.1, 0.15) is 11.5 Å². The van der Waals surface area contributed by atoms with Crippen LogP contribution in [0.15, 0.2) is 58.0 Å². The first-order chi connectivity index (χ1) is 13.1. The molecule has 0 spiro atoms. The van der Waals surface area contributed by atoms with Gasteiger partial charge in [0.2, 0.25) is 17.3 Å². The zero-order valence-corrected chi connectivity index (χ0v) is 13.8. The minimum atomic E-state index is -0.518. The van der Waals surface area contributed by atoms with Crippen molar-refractivity contribution in [2.24, 2.45) is 0 Å². The Morgan fingerprint density at radius 2 is 2.11 bits per heavy atom. The van der Waals surface area contributed by atoms with Crippen LogP contribution in [-0.4, -0.2) is 26.0 Å². The Balaban J connectivity index is 1.55. The molecule has 0 radical (unpaired) electrons. The Hall–Kier alpha value is -3.88. The zero-order chi connectivity index (χ0) is 18.8. The van der Waals surface area contributed by atoms with E-state index in [1.54, 1.807) is 24.4 Å². The molecule has 27 heavy (non-hydrogen) atoms. The first-order valence-corrected chi connectivity index (χ1v) is 7.95. The first-order valence-electron chi connectivity index (χ1n) is 7.95. The van der Waals surface area contributed by atoms with Crippen LogP contribution in [0, 0.1) is 5.82 Å². The molecule has 0 aliphatic heterocycles. The summed E-state index contributed by atoms with van der Waals surface area (Å²) in [7, 11) is 0. The van der Waals surface area contributed by atoms with E-state index < -0.39 is 17.3 Å². The fourth-order valence-corrected chi connectivity index (χ4v) is 2.60. The number of nitrogens with zero attached hydrogens (tertiary/aromatic N) is 3. The molecule has 2 N–H and O–H groups in total. The van der Waals surface area contributed by atoms with Gasteiger partial charge in [-0.15, -0.1) is 0 Å². The Morgan fingerprint density at radius 1 is 1.22 bits per heavy atom. The summed E-state index contributed by atoms with van der Waals surface area (Å²) in [6, 6.07) is 10.3. The number of nitrogens with one attached hydrogen (secondary N) is 2. The number of aromatic amines is 1. The quantitative estimate of drug-likeness (QED) is 0.572. The van der Waals surface area contributed by atoms with Gasteiger partial charge in [-0.3, -0.25) is 14.6 Å². The van der Waals surface area contributed by atoms with E-state index in [1.807, 2.05) is 0 Å². The highest BCUT2D eigenvalue weighted by Crippen LogP contribution is 2.17. The van der Waals surface area contributed by atoms with Gasteiger partial charge in [-0.25, -0.2) is 4.39 Å². The predicted molar refractivity (Wildman–Crippen MR) is 93.2 cm³/mol. The second-order valence-electron chi connectivity index (χ2n) is 5.65. The molecular weight excluding hydrogens is 353 g/mol. The van der Waals surface area contributed by atoms with Gasteiger partial charge in [-0.2, -0.15) is 4.98 Å². The molecule has 3 aromatic heterocycles. The van der Waals surface area contributed by atoms with Crippen molar-refractivity contribution in [2.75, 3.05) is 0 Å². The minimum absolute atomic E-state index is 0.0336. The Kier molecular flexibility index (Phi) is 4.17. The minimum Gasteiger partial charge on any atom is -0.343 e. The number of hydrogen-bond acceptors (Lipinski definition) is 6. The van der Waals surface area contributed by atoms with E-state index in [9.17, 15) is 14.0 Å². The lowest BCUT2D eigenvalue weighted by molar-refractivity contribution is 0.0947. The van der Waals surface area contributed by atoms with Crippen molar-refractivity contribution in [1.82, 2.24) is 25.4 Å². The number of hydrogen-bond donors (Lipinski definition) is 2. The normalized spacial score (nSPS) is 10.9. The molecule has 0 bridgehead atoms. The molecule has 4 rings (SSSR count). The maximum Gasteiger partial charge on any atom is 0.252 e. The maximum absolute atomic E-state index is 13.4. The predicted octanol–water partition coefficient (Wildman–Crippen LogP) is 2.04. The van der Waals surface area contributed by atoms with Crippen molar-refractivity contribution >= 4 is 16.8 Å². The number of benzene rings is 1. The Labute approximate surface area is 151 Å². The standard InChI is InChI=1S/C18H12FN5O3/c19-10-4-5-11-12(8-15(25)22-14(11)7-10)18(26)21-9-16-23-17(24-27-16)13-3-1-2-6-20-13/h1-8H,9H2,(H,21,26)(H,22,25). The zero-order valence-electron chi connectivity index (χ0n) is 13.8. The van der Waals surface area contributed by atoms with Gasteiger partial charge in [0, 0.05) is 17.6 Å². The molecule has 0 aliphatic rings. The number of rotatable bonds is 4. The summed E-state index contributed by atoms with van der Waals surface area (Å²) >= 11 is 0. The van der Waals surface area contributed by atoms with Crippen LogP contribution in [0.3, 0.4) is 0 Å². The molecule has 0 unspecified atom stereocenters. The smallest absolute Gasteiger partial charge is 0.252 e. The molecule has 0 fully saturated rings. The van der Waals surface area contributed by atoms with Crippen molar-refractivity contribution in [3.05, 3.63) is 76.3 Å². The summed E-state index contributed by atoms with van der Waals surface area (Å²) in [6.45, 7) is -0.0336. The monoisotopic (exact) mass is 365 g/mol. The number of pyridine rings is 2. The molecule has 4 aromatic rings. The highest BCUT2D eigenvalue weighted by atomic mass is 19.1. The lowest BCUT2D eigenvalue weighted by Gasteiger charge is -2.06. The van der Waals surface area contributed by atoms with Gasteiger partial charge >= 0.3 is 0 Å². The van der Waals surface area contributed by atoms with Crippen molar-refractivity contribution in [3.63, 3.8) is 0 Å². The highest BCUT2D eigenvalue weighted by Gasteiger charge is 2.15. The molecule has 1 amide bonds. The van der Waals surface area contributed by atoms with Gasteiger partial charge in [-0.1, -0.05) is 11.2 Å². The largest absolute Gasteiger partial charge is 0.343 e. The van der Waals surface area contributed by atoms with Crippen LogP contribution in [0.5, 0.6) is 0 Å². The van der Waals surface area contributed by atoms with Crippen LogP contribution in [0.2, 0.25) is 0 Å². The lowest BCUT2D eigenvalue weighted by atomic mass is 10.1. The van der Waals surface area contributed by atoms with Crippen LogP contribution >= 0.6 is 0 Å². The summed E-state index contributed by atoms with van der Waals surface area (Å²) in [5, 5.41) is 6.85. The molecule has 1 aromatic carbocycles. The van der Waals surface area contributed by atoms with Gasteiger partial charge in [0.15, 0.2) is 0 Å². The van der Waals surface area contributed by atoms with Crippen molar-refractivity contribution in [3.8, 4) is 11.5 Å². The average molecular weight is 365 g/mol. The Morgan fingerprint density at radius 3 is 2.93 bits per heavy atom. The van der Waals surface area contributed by atoms with Gasteiger partial charge in [0.25, 0.3) is 5.91 Å². The number of carbonyl (C=O) groups is 1. The maximum atomic E-state index is 13.4. The summed E-state index contributed by atoms with van der Waals surface area (Å²) in [5.41, 5.74) is 0.399. The van der Waals surface area contributed by atoms with E-state index in [4.69, 9.17) is 4.52 Å². The van der Waals surface area contributed by atoms with E-state index >= 15 is 0 Å². The van der Waals surface area contributed by atoms with Gasteiger partial charge < -0.3 is 14.8 Å². The van der Waals surface area contributed by atoms with E-state index in [0.717, 1.165) is 12.1 Å². The van der Waals surface area contributed by atoms with Crippen LogP contribution in [0.25, 0.3) is 22.4 Å². The third-order valence-electron chi connectivity index (χ3n) is 3.81. The Bertz CT molecular complexity index is 1190. The fourth-order valence-electron chi connectivity index (χ4n) is 2.60. The van der Waals surface area contributed by atoms with Crippen molar-refractivity contribution < 1.29 is 13.7 Å². The molecule has 9 heteroatoms. The topological polar surface area (TPSA) is 114 Å². The molecular formula is C18H12FN5O3. The summed E-state index contributed by atoms with van der Waals surface area (Å²) in [4.78, 5) is 35.0. The van der Waals surface area contributed by atoms with E-state index in [-0.39, 0.29) is 23.5 Å². The summed E-state index contributed by atoms with van der Waals surface area (Å²) < 4.78 is 18.5. The fraction of sp³-hybridized carbons (Fsp3) is 0.0556. The van der Waals surface area contributed by atoms with Crippen LogP contribution < -0.4 is 10.9 Å². The number of aromatic nitrogens is 4. The van der Waals surface area contributed by atoms with E-state index in [2.05, 4.69) is 25.4 Å². The highest BCUT2D eigenvalue weighted by molar-refractivity contribution is 6.05. The molecule has 3 heterocycles. The van der Waals surface area contributed by atoms with Crippen LogP contribution in [0.1, 0.15) is 16.2 Å². The average Bonchev–Trinajstić information content (AvgIpc) is 3.15. The second-order valence-corrected chi connectivity index (χ2v) is 5.65.